The van der Waals surface area contributed by atoms with Gasteiger partial charge in [0, 0.05) is 0 Å². The Morgan fingerprint density at radius 1 is 1.26 bits per heavy atom. The molecule has 0 aliphatic rings. The van der Waals surface area contributed by atoms with Crippen LogP contribution in [0.5, 0.6) is 11.6 Å². The van der Waals surface area contributed by atoms with Crippen LogP contribution in [0.15, 0.2) is 24.3 Å². The van der Waals surface area contributed by atoms with Crippen molar-refractivity contribution in [1.82, 2.24) is 15.2 Å². The zero-order chi connectivity index (χ0) is 17.0. The number of rotatable bonds is 4. The first-order valence-corrected chi connectivity index (χ1v) is 6.55. The largest absolute Gasteiger partial charge is 0.461 e. The number of ether oxygens (including phenoxy) is 2. The Morgan fingerprint density at radius 2 is 2.00 bits per heavy atom. The monoisotopic (exact) mass is 327 g/mol. The molecule has 122 valence electrons. The van der Waals surface area contributed by atoms with Gasteiger partial charge in [-0.25, -0.2) is 9.78 Å². The molecule has 0 aliphatic heterocycles. The summed E-state index contributed by atoms with van der Waals surface area (Å²) >= 11 is 0. The number of halogens is 3. The maximum atomic E-state index is 12.7. The molecule has 9 heteroatoms. The number of alkyl halides is 3. The predicted molar refractivity (Wildman–Crippen MR) is 72.0 cm³/mol. The van der Waals surface area contributed by atoms with E-state index >= 15 is 0 Å². The molecule has 0 radical (unpaired) electrons. The molecule has 0 amide bonds. The summed E-state index contributed by atoms with van der Waals surface area (Å²) in [6.45, 7) is 3.21. The maximum Gasteiger partial charge on any atom is 0.416 e. The Kier molecular flexibility index (Phi) is 4.77. The molecule has 0 spiro atoms. The zero-order valence-electron chi connectivity index (χ0n) is 12.2. The average molecular weight is 327 g/mol. The predicted octanol–water partition coefficient (Wildman–Crippen LogP) is 3.17. The van der Waals surface area contributed by atoms with Crippen molar-refractivity contribution < 1.29 is 27.4 Å². The van der Waals surface area contributed by atoms with Crippen molar-refractivity contribution in [3.05, 3.63) is 41.3 Å². The molecular formula is C14H12F3N3O3. The number of nitrogens with zero attached hydrogens (tertiary/aromatic N) is 3. The van der Waals surface area contributed by atoms with Crippen LogP contribution >= 0.6 is 0 Å². The van der Waals surface area contributed by atoms with Crippen LogP contribution in [0.4, 0.5) is 13.2 Å². The second kappa shape index (κ2) is 6.59. The van der Waals surface area contributed by atoms with Gasteiger partial charge in [0.05, 0.1) is 12.2 Å². The number of aromatic nitrogens is 3. The van der Waals surface area contributed by atoms with Gasteiger partial charge < -0.3 is 9.47 Å². The van der Waals surface area contributed by atoms with Crippen LogP contribution in [0.25, 0.3) is 0 Å². The average Bonchev–Trinajstić information content (AvgIpc) is 2.49. The van der Waals surface area contributed by atoms with E-state index in [1.165, 1.54) is 19.1 Å². The van der Waals surface area contributed by atoms with E-state index in [9.17, 15) is 18.0 Å². The Bertz CT molecular complexity index is 720. The standard InChI is InChI=1S/C14H12F3N3O3/c1-3-22-13(21)11-12(20-19-8(2)18-11)23-10-6-4-5-9(7-10)14(15,16)17/h4-7H,3H2,1-2H3. The summed E-state index contributed by atoms with van der Waals surface area (Å²) in [6.07, 6.45) is -4.51. The van der Waals surface area contributed by atoms with Crippen LogP contribution in [0, 0.1) is 6.92 Å². The Labute approximate surface area is 129 Å². The molecule has 1 aromatic carbocycles. The molecule has 0 atom stereocenters. The van der Waals surface area contributed by atoms with Crippen molar-refractivity contribution in [1.29, 1.82) is 0 Å². The topological polar surface area (TPSA) is 74.2 Å². The first kappa shape index (κ1) is 16.7. The molecule has 0 saturated carbocycles. The fourth-order valence-corrected chi connectivity index (χ4v) is 1.65. The van der Waals surface area contributed by atoms with Gasteiger partial charge in [-0.15, -0.1) is 10.2 Å². The van der Waals surface area contributed by atoms with Crippen LogP contribution in [-0.4, -0.2) is 27.8 Å². The lowest BCUT2D eigenvalue weighted by molar-refractivity contribution is -0.137. The summed E-state index contributed by atoms with van der Waals surface area (Å²) in [7, 11) is 0. The highest BCUT2D eigenvalue weighted by molar-refractivity contribution is 5.89. The highest BCUT2D eigenvalue weighted by atomic mass is 19.4. The van der Waals surface area contributed by atoms with Crippen LogP contribution in [0.3, 0.4) is 0 Å². The Hall–Kier alpha value is -2.71. The summed E-state index contributed by atoms with van der Waals surface area (Å²) in [5, 5.41) is 7.29. The van der Waals surface area contributed by atoms with Gasteiger partial charge in [0.15, 0.2) is 0 Å². The highest BCUT2D eigenvalue weighted by Gasteiger charge is 2.31. The number of carbonyl (C=O) groups excluding carboxylic acids is 1. The second-order valence-corrected chi connectivity index (χ2v) is 4.36. The van der Waals surface area contributed by atoms with Gasteiger partial charge in [-0.05, 0) is 32.0 Å². The SMILES string of the molecule is CCOC(=O)c1nc(C)nnc1Oc1cccc(C(F)(F)F)c1. The lowest BCUT2D eigenvalue weighted by atomic mass is 10.2. The number of carbonyl (C=O) groups is 1. The van der Waals surface area contributed by atoms with Crippen molar-refractivity contribution in [2.45, 2.75) is 20.0 Å². The normalized spacial score (nSPS) is 11.2. The quantitative estimate of drug-likeness (QED) is 0.803. The van der Waals surface area contributed by atoms with Crippen molar-refractivity contribution >= 4 is 5.97 Å². The van der Waals surface area contributed by atoms with Crippen molar-refractivity contribution in [3.8, 4) is 11.6 Å². The van der Waals surface area contributed by atoms with E-state index in [2.05, 4.69) is 15.2 Å². The third-order valence-electron chi connectivity index (χ3n) is 2.61. The van der Waals surface area contributed by atoms with Crippen LogP contribution in [0.2, 0.25) is 0 Å². The smallest absolute Gasteiger partial charge is 0.416 e. The molecule has 0 bridgehead atoms. The Balaban J connectivity index is 2.35. The van der Waals surface area contributed by atoms with E-state index < -0.39 is 17.7 Å². The molecule has 23 heavy (non-hydrogen) atoms. The molecule has 0 saturated heterocycles. The van der Waals surface area contributed by atoms with Gasteiger partial charge in [-0.3, -0.25) is 0 Å². The van der Waals surface area contributed by atoms with Gasteiger partial charge in [0.2, 0.25) is 5.69 Å². The zero-order valence-corrected chi connectivity index (χ0v) is 12.2. The summed E-state index contributed by atoms with van der Waals surface area (Å²) < 4.78 is 48.1. The molecule has 0 N–H and O–H groups in total. The summed E-state index contributed by atoms with van der Waals surface area (Å²) in [6, 6.07) is 4.16. The van der Waals surface area contributed by atoms with E-state index in [1.54, 1.807) is 6.92 Å². The van der Waals surface area contributed by atoms with Gasteiger partial charge in [0.25, 0.3) is 5.88 Å². The van der Waals surface area contributed by atoms with E-state index in [1.807, 2.05) is 0 Å². The number of aryl methyl sites for hydroxylation is 1. The molecular weight excluding hydrogens is 315 g/mol. The third kappa shape index (κ3) is 4.15. The summed E-state index contributed by atoms with van der Waals surface area (Å²) in [4.78, 5) is 15.7. The number of hydrogen-bond donors (Lipinski definition) is 0. The van der Waals surface area contributed by atoms with Crippen LogP contribution in [0.1, 0.15) is 28.8 Å². The molecule has 0 fully saturated rings. The number of esters is 1. The minimum atomic E-state index is -4.51. The second-order valence-electron chi connectivity index (χ2n) is 4.36. The van der Waals surface area contributed by atoms with Gasteiger partial charge >= 0.3 is 12.1 Å². The molecule has 2 rings (SSSR count). The van der Waals surface area contributed by atoms with Gasteiger partial charge in [-0.1, -0.05) is 6.07 Å². The third-order valence-corrected chi connectivity index (χ3v) is 2.61. The van der Waals surface area contributed by atoms with E-state index in [-0.39, 0.29) is 29.8 Å². The first-order valence-electron chi connectivity index (χ1n) is 6.55. The van der Waals surface area contributed by atoms with Gasteiger partial charge in [-0.2, -0.15) is 13.2 Å². The summed E-state index contributed by atoms with van der Waals surface area (Å²) in [5.74, 6) is -1.07. The van der Waals surface area contributed by atoms with Crippen molar-refractivity contribution in [2.75, 3.05) is 6.61 Å². The molecule has 0 aliphatic carbocycles. The number of benzene rings is 1. The van der Waals surface area contributed by atoms with Crippen molar-refractivity contribution in [2.24, 2.45) is 0 Å². The van der Waals surface area contributed by atoms with Crippen molar-refractivity contribution in [3.63, 3.8) is 0 Å². The Morgan fingerprint density at radius 3 is 2.65 bits per heavy atom. The first-order chi connectivity index (χ1) is 10.8. The van der Waals surface area contributed by atoms with Gasteiger partial charge in [0.1, 0.15) is 11.6 Å². The molecule has 2 aromatic rings. The minimum Gasteiger partial charge on any atom is -0.461 e. The number of hydrogen-bond acceptors (Lipinski definition) is 6. The summed E-state index contributed by atoms with van der Waals surface area (Å²) in [5.41, 5.74) is -1.14. The fraction of sp³-hybridized carbons (Fsp3) is 0.286. The van der Waals surface area contributed by atoms with E-state index in [0.29, 0.717) is 0 Å². The van der Waals surface area contributed by atoms with Crippen LogP contribution < -0.4 is 4.74 Å². The highest BCUT2D eigenvalue weighted by Crippen LogP contribution is 2.32. The molecule has 1 aromatic heterocycles. The lowest BCUT2D eigenvalue weighted by Gasteiger charge is -2.11. The van der Waals surface area contributed by atoms with E-state index in [4.69, 9.17) is 9.47 Å². The van der Waals surface area contributed by atoms with Crippen LogP contribution in [-0.2, 0) is 10.9 Å². The van der Waals surface area contributed by atoms with E-state index in [0.717, 1.165) is 12.1 Å². The lowest BCUT2D eigenvalue weighted by Crippen LogP contribution is -2.12. The molecule has 1 heterocycles. The maximum absolute atomic E-state index is 12.7. The minimum absolute atomic E-state index is 0.102. The fourth-order valence-electron chi connectivity index (χ4n) is 1.65. The molecule has 6 nitrogen and oxygen atoms in total. The molecule has 0 unspecified atom stereocenters.